The number of nitrogens with one attached hydrogen (secondary N) is 1. The van der Waals surface area contributed by atoms with Gasteiger partial charge in [0.15, 0.2) is 5.75 Å². The lowest BCUT2D eigenvalue weighted by Crippen LogP contribution is -2.09. The van der Waals surface area contributed by atoms with Crippen molar-refractivity contribution in [2.45, 2.75) is 20.3 Å². The van der Waals surface area contributed by atoms with Gasteiger partial charge in [0.1, 0.15) is 5.69 Å². The van der Waals surface area contributed by atoms with E-state index in [4.69, 9.17) is 4.74 Å². The molecule has 1 aromatic carbocycles. The summed E-state index contributed by atoms with van der Waals surface area (Å²) in [6.07, 6.45) is 1.16. The van der Waals surface area contributed by atoms with Crippen LogP contribution in [0.25, 0.3) is 0 Å². The standard InChI is InChI=1S/C13H18N2O3/c1-13(2)7-9(13)8-14-10-5-4-6-11(18-3)12(10)15(16)17/h4-6,9,14H,7-8H2,1-3H3. The van der Waals surface area contributed by atoms with E-state index < -0.39 is 4.92 Å². The van der Waals surface area contributed by atoms with E-state index in [-0.39, 0.29) is 5.69 Å². The van der Waals surface area contributed by atoms with E-state index in [1.807, 2.05) is 0 Å². The lowest BCUT2D eigenvalue weighted by molar-refractivity contribution is -0.384. The SMILES string of the molecule is COc1cccc(NCC2CC2(C)C)c1[N+](=O)[O-]. The zero-order valence-corrected chi connectivity index (χ0v) is 10.9. The molecule has 5 nitrogen and oxygen atoms in total. The van der Waals surface area contributed by atoms with Crippen LogP contribution in [0.15, 0.2) is 18.2 Å². The maximum Gasteiger partial charge on any atom is 0.333 e. The molecule has 0 aliphatic heterocycles. The number of anilines is 1. The van der Waals surface area contributed by atoms with Gasteiger partial charge in [0, 0.05) is 6.54 Å². The largest absolute Gasteiger partial charge is 0.490 e. The highest BCUT2D eigenvalue weighted by atomic mass is 16.6. The van der Waals surface area contributed by atoms with Crippen molar-refractivity contribution in [3.8, 4) is 5.75 Å². The van der Waals surface area contributed by atoms with Crippen molar-refractivity contribution >= 4 is 11.4 Å². The molecule has 0 spiro atoms. The third kappa shape index (κ3) is 2.39. The van der Waals surface area contributed by atoms with Crippen molar-refractivity contribution in [1.29, 1.82) is 0 Å². The molecule has 0 bridgehead atoms. The molecule has 0 saturated heterocycles. The second-order valence-electron chi connectivity index (χ2n) is 5.38. The molecule has 1 atom stereocenters. The highest BCUT2D eigenvalue weighted by Gasteiger charge is 2.45. The Morgan fingerprint density at radius 3 is 2.72 bits per heavy atom. The molecule has 1 aliphatic carbocycles. The summed E-state index contributed by atoms with van der Waals surface area (Å²) >= 11 is 0. The van der Waals surface area contributed by atoms with E-state index in [0.717, 1.165) is 13.0 Å². The highest BCUT2D eigenvalue weighted by Crippen LogP contribution is 2.51. The number of methoxy groups -OCH3 is 1. The summed E-state index contributed by atoms with van der Waals surface area (Å²) in [6.45, 7) is 5.18. The van der Waals surface area contributed by atoms with Crippen LogP contribution in [0.4, 0.5) is 11.4 Å². The summed E-state index contributed by atoms with van der Waals surface area (Å²) in [4.78, 5) is 10.7. The second-order valence-corrected chi connectivity index (χ2v) is 5.38. The summed E-state index contributed by atoms with van der Waals surface area (Å²) in [5, 5.41) is 14.2. The second kappa shape index (κ2) is 4.48. The Morgan fingerprint density at radius 1 is 1.56 bits per heavy atom. The molecule has 1 N–H and O–H groups in total. The monoisotopic (exact) mass is 250 g/mol. The number of ether oxygens (including phenoxy) is 1. The molecule has 0 radical (unpaired) electrons. The van der Waals surface area contributed by atoms with Crippen LogP contribution in [0.5, 0.6) is 5.75 Å². The molecule has 5 heteroatoms. The Balaban J connectivity index is 2.14. The summed E-state index contributed by atoms with van der Waals surface area (Å²) in [5.74, 6) is 0.878. The van der Waals surface area contributed by atoms with Crippen molar-refractivity contribution in [3.05, 3.63) is 28.3 Å². The van der Waals surface area contributed by atoms with Gasteiger partial charge in [-0.15, -0.1) is 0 Å². The molecular formula is C13H18N2O3. The van der Waals surface area contributed by atoms with E-state index in [1.54, 1.807) is 18.2 Å². The first-order chi connectivity index (χ1) is 8.45. The maximum absolute atomic E-state index is 11.1. The van der Waals surface area contributed by atoms with Gasteiger partial charge in [-0.05, 0) is 29.9 Å². The van der Waals surface area contributed by atoms with Gasteiger partial charge >= 0.3 is 5.69 Å². The molecular weight excluding hydrogens is 232 g/mol. The number of rotatable bonds is 5. The number of nitro groups is 1. The molecule has 0 aromatic heterocycles. The zero-order chi connectivity index (χ0) is 13.3. The average Bonchev–Trinajstić information content (AvgIpc) is 2.93. The Hall–Kier alpha value is -1.78. The van der Waals surface area contributed by atoms with E-state index in [9.17, 15) is 10.1 Å². The molecule has 98 valence electrons. The Labute approximate surface area is 106 Å². The van der Waals surface area contributed by atoms with Gasteiger partial charge in [-0.25, -0.2) is 0 Å². The van der Waals surface area contributed by atoms with Crippen LogP contribution in [-0.2, 0) is 0 Å². The van der Waals surface area contributed by atoms with Crippen LogP contribution in [0.1, 0.15) is 20.3 Å². The molecule has 0 heterocycles. The Bertz CT molecular complexity index is 471. The van der Waals surface area contributed by atoms with Gasteiger partial charge in [-0.3, -0.25) is 10.1 Å². The van der Waals surface area contributed by atoms with Crippen LogP contribution in [0, 0.1) is 21.4 Å². The molecule has 1 fully saturated rings. The van der Waals surface area contributed by atoms with Crippen molar-refractivity contribution in [2.75, 3.05) is 19.0 Å². The number of nitro benzene ring substituents is 1. The van der Waals surface area contributed by atoms with Gasteiger partial charge in [-0.2, -0.15) is 0 Å². The number of benzene rings is 1. The number of hydrogen-bond donors (Lipinski definition) is 1. The maximum atomic E-state index is 11.1. The van der Waals surface area contributed by atoms with Crippen LogP contribution in [0.3, 0.4) is 0 Å². The summed E-state index contributed by atoms with van der Waals surface area (Å²) in [7, 11) is 1.44. The van der Waals surface area contributed by atoms with Crippen molar-refractivity contribution < 1.29 is 9.66 Å². The molecule has 1 aromatic rings. The van der Waals surface area contributed by atoms with Gasteiger partial charge in [-0.1, -0.05) is 19.9 Å². The van der Waals surface area contributed by atoms with Crippen LogP contribution >= 0.6 is 0 Å². The number of para-hydroxylation sites is 1. The lowest BCUT2D eigenvalue weighted by Gasteiger charge is -2.10. The third-order valence-electron chi connectivity index (χ3n) is 3.66. The molecule has 2 rings (SSSR count). The summed E-state index contributed by atoms with van der Waals surface area (Å²) < 4.78 is 5.03. The van der Waals surface area contributed by atoms with E-state index >= 15 is 0 Å². The van der Waals surface area contributed by atoms with Crippen molar-refractivity contribution in [2.24, 2.45) is 11.3 Å². The topological polar surface area (TPSA) is 64.4 Å². The molecule has 0 amide bonds. The van der Waals surface area contributed by atoms with Crippen LogP contribution in [0.2, 0.25) is 0 Å². The van der Waals surface area contributed by atoms with Gasteiger partial charge < -0.3 is 10.1 Å². The smallest absolute Gasteiger partial charge is 0.333 e. The van der Waals surface area contributed by atoms with E-state index in [0.29, 0.717) is 22.8 Å². The minimum atomic E-state index is -0.404. The minimum Gasteiger partial charge on any atom is -0.490 e. The van der Waals surface area contributed by atoms with Crippen molar-refractivity contribution in [3.63, 3.8) is 0 Å². The highest BCUT2D eigenvalue weighted by molar-refractivity contribution is 5.68. The molecule has 1 aliphatic rings. The Kier molecular flexibility index (Phi) is 3.15. The molecule has 1 unspecified atom stereocenters. The fraction of sp³-hybridized carbons (Fsp3) is 0.538. The van der Waals surface area contributed by atoms with Crippen LogP contribution < -0.4 is 10.1 Å². The normalized spacial score (nSPS) is 20.3. The van der Waals surface area contributed by atoms with Gasteiger partial charge in [0.25, 0.3) is 0 Å². The fourth-order valence-electron chi connectivity index (χ4n) is 2.18. The fourth-order valence-corrected chi connectivity index (χ4v) is 2.18. The molecule has 1 saturated carbocycles. The van der Waals surface area contributed by atoms with E-state index in [2.05, 4.69) is 19.2 Å². The lowest BCUT2D eigenvalue weighted by atomic mass is 10.1. The first-order valence-corrected chi connectivity index (χ1v) is 6.01. The minimum absolute atomic E-state index is 0.0125. The third-order valence-corrected chi connectivity index (χ3v) is 3.66. The number of hydrogen-bond acceptors (Lipinski definition) is 4. The van der Waals surface area contributed by atoms with Gasteiger partial charge in [0.2, 0.25) is 0 Å². The van der Waals surface area contributed by atoms with E-state index in [1.165, 1.54) is 7.11 Å². The van der Waals surface area contributed by atoms with Crippen molar-refractivity contribution in [1.82, 2.24) is 0 Å². The quantitative estimate of drug-likeness (QED) is 0.644. The number of nitrogens with zero attached hydrogens (tertiary/aromatic N) is 1. The van der Waals surface area contributed by atoms with Gasteiger partial charge in [0.05, 0.1) is 12.0 Å². The first kappa shape index (κ1) is 12.7. The van der Waals surface area contributed by atoms with Crippen LogP contribution in [-0.4, -0.2) is 18.6 Å². The summed E-state index contributed by atoms with van der Waals surface area (Å²) in [6, 6.07) is 5.08. The average molecular weight is 250 g/mol. The predicted molar refractivity (Wildman–Crippen MR) is 70.0 cm³/mol. The zero-order valence-electron chi connectivity index (χ0n) is 10.9. The predicted octanol–water partition coefficient (Wildman–Crippen LogP) is 3.06. The Morgan fingerprint density at radius 2 is 2.22 bits per heavy atom. The first-order valence-electron chi connectivity index (χ1n) is 6.01. The summed E-state index contributed by atoms with van der Waals surface area (Å²) in [5.41, 5.74) is 0.904. The molecule has 18 heavy (non-hydrogen) atoms.